The second-order valence-electron chi connectivity index (χ2n) is 3.39. The number of hydrogen-bond acceptors (Lipinski definition) is 4. The maximum absolute atomic E-state index is 10.9. The molecule has 0 atom stereocenters. The van der Waals surface area contributed by atoms with Gasteiger partial charge >= 0.3 is 5.97 Å². The largest absolute Gasteiger partial charge is 0.476 e. The minimum atomic E-state index is -1.12. The van der Waals surface area contributed by atoms with Gasteiger partial charge in [-0.25, -0.2) is 9.78 Å². The van der Waals surface area contributed by atoms with E-state index in [1.165, 1.54) is 6.20 Å². The minimum Gasteiger partial charge on any atom is -0.476 e. The van der Waals surface area contributed by atoms with Crippen molar-refractivity contribution in [2.75, 3.05) is 0 Å². The lowest BCUT2D eigenvalue weighted by Gasteiger charge is -2.07. The molecule has 0 aliphatic rings. The molecule has 0 aliphatic heterocycles. The first-order chi connectivity index (χ1) is 8.16. The molecule has 0 radical (unpaired) electrons. The molecule has 0 saturated carbocycles. The Bertz CT molecular complexity index is 555. The molecule has 0 amide bonds. The van der Waals surface area contributed by atoms with E-state index in [9.17, 15) is 4.79 Å². The van der Waals surface area contributed by atoms with Crippen LogP contribution in [-0.4, -0.2) is 21.0 Å². The van der Waals surface area contributed by atoms with E-state index in [1.807, 2.05) is 6.92 Å². The lowest BCUT2D eigenvalue weighted by atomic mass is 10.3. The van der Waals surface area contributed by atoms with Crippen molar-refractivity contribution in [2.45, 2.75) is 6.92 Å². The smallest absolute Gasteiger partial charge is 0.358 e. The summed E-state index contributed by atoms with van der Waals surface area (Å²) in [7, 11) is 0. The molecule has 0 saturated heterocycles. The average Bonchev–Trinajstić information content (AvgIpc) is 2.29. The maximum Gasteiger partial charge on any atom is 0.358 e. The first-order valence-corrected chi connectivity index (χ1v) is 4.95. The third-order valence-corrected chi connectivity index (χ3v) is 2.07. The quantitative estimate of drug-likeness (QED) is 0.875. The van der Waals surface area contributed by atoms with Crippen molar-refractivity contribution in [3.05, 3.63) is 48.0 Å². The van der Waals surface area contributed by atoms with Gasteiger partial charge in [0.15, 0.2) is 11.4 Å². The highest BCUT2D eigenvalue weighted by Crippen LogP contribution is 2.23. The Hall–Kier alpha value is -2.43. The Morgan fingerprint density at radius 1 is 1.29 bits per heavy atom. The molecule has 17 heavy (non-hydrogen) atoms. The predicted molar refractivity (Wildman–Crippen MR) is 60.2 cm³/mol. The molecule has 5 nitrogen and oxygen atoms in total. The number of aromatic carboxylic acids is 1. The van der Waals surface area contributed by atoms with Crippen LogP contribution in [0.2, 0.25) is 0 Å². The van der Waals surface area contributed by atoms with Crippen LogP contribution in [0.5, 0.6) is 11.5 Å². The van der Waals surface area contributed by atoms with Crippen LogP contribution in [0.25, 0.3) is 0 Å². The zero-order valence-corrected chi connectivity index (χ0v) is 9.12. The fourth-order valence-electron chi connectivity index (χ4n) is 1.34. The Labute approximate surface area is 97.7 Å². The average molecular weight is 230 g/mol. The number of aryl methyl sites for hydroxylation is 1. The van der Waals surface area contributed by atoms with E-state index in [1.54, 1.807) is 30.5 Å². The summed E-state index contributed by atoms with van der Waals surface area (Å²) < 4.78 is 5.47. The van der Waals surface area contributed by atoms with Crippen LogP contribution >= 0.6 is 0 Å². The number of pyridine rings is 2. The first-order valence-electron chi connectivity index (χ1n) is 4.95. The fourth-order valence-corrected chi connectivity index (χ4v) is 1.34. The van der Waals surface area contributed by atoms with Crippen molar-refractivity contribution in [2.24, 2.45) is 0 Å². The number of nitrogens with zero attached hydrogens (tertiary/aromatic N) is 2. The second kappa shape index (κ2) is 4.61. The standard InChI is InChI=1S/C12H10N2O3/c1-8-7-9(4-6-13-8)17-10-3-2-5-14-11(10)12(15)16/h2-7H,1H3,(H,15,16). The summed E-state index contributed by atoms with van der Waals surface area (Å²) >= 11 is 0. The number of carboxylic acid groups (broad SMARTS) is 1. The van der Waals surface area contributed by atoms with E-state index < -0.39 is 5.97 Å². The van der Waals surface area contributed by atoms with Gasteiger partial charge in [-0.1, -0.05) is 0 Å². The van der Waals surface area contributed by atoms with E-state index in [2.05, 4.69) is 9.97 Å². The predicted octanol–water partition coefficient (Wildman–Crippen LogP) is 2.28. The molecule has 0 spiro atoms. The lowest BCUT2D eigenvalue weighted by Crippen LogP contribution is -2.02. The zero-order chi connectivity index (χ0) is 12.3. The monoisotopic (exact) mass is 230 g/mol. The van der Waals surface area contributed by atoms with Crippen molar-refractivity contribution >= 4 is 5.97 Å². The van der Waals surface area contributed by atoms with Crippen LogP contribution in [0, 0.1) is 6.92 Å². The Morgan fingerprint density at radius 2 is 2.12 bits per heavy atom. The number of carbonyl (C=O) groups is 1. The Kier molecular flexibility index (Phi) is 3.00. The topological polar surface area (TPSA) is 72.3 Å². The van der Waals surface area contributed by atoms with Crippen LogP contribution in [0.3, 0.4) is 0 Å². The van der Waals surface area contributed by atoms with Gasteiger partial charge in [-0.3, -0.25) is 4.98 Å². The van der Waals surface area contributed by atoms with Crippen LogP contribution in [0.4, 0.5) is 0 Å². The zero-order valence-electron chi connectivity index (χ0n) is 9.12. The van der Waals surface area contributed by atoms with E-state index >= 15 is 0 Å². The van der Waals surface area contributed by atoms with Gasteiger partial charge in [-0.15, -0.1) is 0 Å². The highest BCUT2D eigenvalue weighted by molar-refractivity contribution is 5.88. The van der Waals surface area contributed by atoms with Crippen molar-refractivity contribution in [3.8, 4) is 11.5 Å². The fraction of sp³-hybridized carbons (Fsp3) is 0.0833. The molecular formula is C12H10N2O3. The van der Waals surface area contributed by atoms with E-state index in [-0.39, 0.29) is 11.4 Å². The van der Waals surface area contributed by atoms with Gasteiger partial charge in [0.1, 0.15) is 5.75 Å². The van der Waals surface area contributed by atoms with Crippen molar-refractivity contribution < 1.29 is 14.6 Å². The number of ether oxygens (including phenoxy) is 1. The number of hydrogen-bond donors (Lipinski definition) is 1. The van der Waals surface area contributed by atoms with Gasteiger partial charge in [0, 0.05) is 24.2 Å². The highest BCUT2D eigenvalue weighted by atomic mass is 16.5. The third kappa shape index (κ3) is 2.57. The molecule has 0 fully saturated rings. The van der Waals surface area contributed by atoms with E-state index in [0.29, 0.717) is 5.75 Å². The first kappa shape index (κ1) is 11.1. The number of aromatic nitrogens is 2. The molecule has 2 rings (SSSR count). The molecule has 2 aromatic rings. The molecule has 2 heterocycles. The minimum absolute atomic E-state index is 0.109. The van der Waals surface area contributed by atoms with Gasteiger partial charge in [0.2, 0.25) is 0 Å². The Balaban J connectivity index is 2.33. The van der Waals surface area contributed by atoms with Gasteiger partial charge in [-0.05, 0) is 25.1 Å². The summed E-state index contributed by atoms with van der Waals surface area (Å²) in [5.41, 5.74) is 0.685. The van der Waals surface area contributed by atoms with Crippen molar-refractivity contribution in [3.63, 3.8) is 0 Å². The van der Waals surface area contributed by atoms with Crippen LogP contribution < -0.4 is 4.74 Å². The summed E-state index contributed by atoms with van der Waals surface area (Å²) in [5, 5.41) is 8.94. The van der Waals surface area contributed by atoms with Crippen molar-refractivity contribution in [1.82, 2.24) is 9.97 Å². The molecule has 1 N–H and O–H groups in total. The SMILES string of the molecule is Cc1cc(Oc2cccnc2C(=O)O)ccn1. The van der Waals surface area contributed by atoms with E-state index in [4.69, 9.17) is 9.84 Å². The molecule has 86 valence electrons. The lowest BCUT2D eigenvalue weighted by molar-refractivity contribution is 0.0687. The summed E-state index contributed by atoms with van der Waals surface area (Å²) in [6.07, 6.45) is 3.01. The van der Waals surface area contributed by atoms with Crippen LogP contribution in [0.15, 0.2) is 36.7 Å². The van der Waals surface area contributed by atoms with Crippen LogP contribution in [-0.2, 0) is 0 Å². The van der Waals surface area contributed by atoms with Gasteiger partial charge in [0.25, 0.3) is 0 Å². The normalized spacial score (nSPS) is 9.94. The second-order valence-corrected chi connectivity index (χ2v) is 3.39. The summed E-state index contributed by atoms with van der Waals surface area (Å²) in [4.78, 5) is 18.7. The molecule has 0 unspecified atom stereocenters. The summed E-state index contributed by atoms with van der Waals surface area (Å²) in [6.45, 7) is 1.83. The van der Waals surface area contributed by atoms with Gasteiger partial charge in [0.05, 0.1) is 0 Å². The molecular weight excluding hydrogens is 220 g/mol. The number of carboxylic acids is 1. The molecule has 0 aliphatic carbocycles. The molecule has 2 aromatic heterocycles. The maximum atomic E-state index is 10.9. The third-order valence-electron chi connectivity index (χ3n) is 2.07. The molecule has 0 bridgehead atoms. The highest BCUT2D eigenvalue weighted by Gasteiger charge is 2.12. The van der Waals surface area contributed by atoms with E-state index in [0.717, 1.165) is 5.69 Å². The van der Waals surface area contributed by atoms with Crippen molar-refractivity contribution in [1.29, 1.82) is 0 Å². The molecule has 5 heteroatoms. The number of rotatable bonds is 3. The molecule has 0 aromatic carbocycles. The van der Waals surface area contributed by atoms with Gasteiger partial charge in [-0.2, -0.15) is 0 Å². The van der Waals surface area contributed by atoms with Gasteiger partial charge < -0.3 is 9.84 Å². The van der Waals surface area contributed by atoms with Crippen LogP contribution in [0.1, 0.15) is 16.2 Å². The summed E-state index contributed by atoms with van der Waals surface area (Å²) in [6, 6.07) is 6.56. The Morgan fingerprint density at radius 3 is 2.82 bits per heavy atom. The summed E-state index contributed by atoms with van der Waals surface area (Å²) in [5.74, 6) is -0.370.